The molecule has 1 aromatic rings. The first kappa shape index (κ1) is 16.5. The fourth-order valence-electron chi connectivity index (χ4n) is 3.93. The molecule has 0 amide bonds. The van der Waals surface area contributed by atoms with Gasteiger partial charge in [0.15, 0.2) is 0 Å². The van der Waals surface area contributed by atoms with Crippen LogP contribution in [-0.2, 0) is 0 Å². The number of nitrogens with zero attached hydrogens (tertiary/aromatic N) is 1. The van der Waals surface area contributed by atoms with E-state index in [1.807, 2.05) is 0 Å². The minimum atomic E-state index is 0.547. The van der Waals surface area contributed by atoms with Gasteiger partial charge in [0.05, 0.1) is 0 Å². The van der Waals surface area contributed by atoms with Crippen molar-refractivity contribution in [2.75, 3.05) is 26.2 Å². The fourth-order valence-corrected chi connectivity index (χ4v) is 3.93. The molecule has 0 radical (unpaired) electrons. The van der Waals surface area contributed by atoms with E-state index in [-0.39, 0.29) is 0 Å². The Morgan fingerprint density at radius 3 is 2.24 bits per heavy atom. The molecule has 118 valence electrons. The SMILES string of the molecule is CCNCC1CCN(C(C)c2c(C)cc(C)cc2C)CC1. The molecular weight excluding hydrogens is 256 g/mol. The van der Waals surface area contributed by atoms with Crippen molar-refractivity contribution in [3.05, 3.63) is 34.4 Å². The fraction of sp³-hybridized carbons (Fsp3) is 0.684. The first-order valence-electron chi connectivity index (χ1n) is 8.55. The molecule has 0 bridgehead atoms. The zero-order valence-electron chi connectivity index (χ0n) is 14.5. The molecule has 0 saturated carbocycles. The maximum atomic E-state index is 3.50. The van der Waals surface area contributed by atoms with Gasteiger partial charge in [-0.25, -0.2) is 0 Å². The Morgan fingerprint density at radius 2 is 1.71 bits per heavy atom. The quantitative estimate of drug-likeness (QED) is 0.881. The smallest absolute Gasteiger partial charge is 0.0325 e. The van der Waals surface area contributed by atoms with Crippen LogP contribution in [-0.4, -0.2) is 31.1 Å². The van der Waals surface area contributed by atoms with E-state index in [1.165, 1.54) is 49.2 Å². The minimum Gasteiger partial charge on any atom is -0.317 e. The number of hydrogen-bond donors (Lipinski definition) is 1. The summed E-state index contributed by atoms with van der Waals surface area (Å²) in [5.41, 5.74) is 5.83. The normalized spacial score (nSPS) is 18.9. The van der Waals surface area contributed by atoms with Gasteiger partial charge in [0.2, 0.25) is 0 Å². The molecule has 2 heteroatoms. The Kier molecular flexibility index (Phi) is 5.83. The summed E-state index contributed by atoms with van der Waals surface area (Å²) in [7, 11) is 0. The molecule has 1 atom stereocenters. The lowest BCUT2D eigenvalue weighted by molar-refractivity contribution is 0.139. The van der Waals surface area contributed by atoms with Crippen LogP contribution in [0.4, 0.5) is 0 Å². The molecule has 2 nitrogen and oxygen atoms in total. The van der Waals surface area contributed by atoms with Crippen molar-refractivity contribution in [1.29, 1.82) is 0 Å². The monoisotopic (exact) mass is 288 g/mol. The molecule has 0 spiro atoms. The Bertz CT molecular complexity index is 436. The van der Waals surface area contributed by atoms with Gasteiger partial charge in [-0.2, -0.15) is 0 Å². The molecule has 1 N–H and O–H groups in total. The van der Waals surface area contributed by atoms with Crippen molar-refractivity contribution in [2.45, 2.75) is 53.5 Å². The number of benzene rings is 1. The van der Waals surface area contributed by atoms with E-state index in [1.54, 1.807) is 5.56 Å². The van der Waals surface area contributed by atoms with Crippen molar-refractivity contribution in [2.24, 2.45) is 5.92 Å². The van der Waals surface area contributed by atoms with E-state index in [9.17, 15) is 0 Å². The average Bonchev–Trinajstić information content (AvgIpc) is 2.44. The second-order valence-electron chi connectivity index (χ2n) is 6.78. The Hall–Kier alpha value is -0.860. The highest BCUT2D eigenvalue weighted by molar-refractivity contribution is 5.39. The molecular formula is C19H32N2. The van der Waals surface area contributed by atoms with Crippen LogP contribution in [0.1, 0.15) is 55.0 Å². The number of piperidine rings is 1. The lowest BCUT2D eigenvalue weighted by Crippen LogP contribution is -2.39. The molecule has 1 unspecified atom stereocenters. The van der Waals surface area contributed by atoms with Crippen LogP contribution in [0.15, 0.2) is 12.1 Å². The summed E-state index contributed by atoms with van der Waals surface area (Å²) in [5.74, 6) is 0.869. The van der Waals surface area contributed by atoms with Crippen LogP contribution in [0, 0.1) is 26.7 Å². The van der Waals surface area contributed by atoms with Gasteiger partial charge in [-0.05, 0) is 89.3 Å². The van der Waals surface area contributed by atoms with Crippen LogP contribution in [0.25, 0.3) is 0 Å². The third kappa shape index (κ3) is 4.08. The second-order valence-corrected chi connectivity index (χ2v) is 6.78. The maximum absolute atomic E-state index is 3.50. The van der Waals surface area contributed by atoms with Crippen molar-refractivity contribution in [3.8, 4) is 0 Å². The molecule has 1 fully saturated rings. The van der Waals surface area contributed by atoms with E-state index in [0.29, 0.717) is 6.04 Å². The third-order valence-electron chi connectivity index (χ3n) is 5.04. The minimum absolute atomic E-state index is 0.547. The number of nitrogens with one attached hydrogen (secondary N) is 1. The summed E-state index contributed by atoms with van der Waals surface area (Å²) in [6.07, 6.45) is 2.67. The molecule has 21 heavy (non-hydrogen) atoms. The van der Waals surface area contributed by atoms with E-state index in [0.717, 1.165) is 12.5 Å². The molecule has 0 aromatic heterocycles. The van der Waals surface area contributed by atoms with Gasteiger partial charge in [0, 0.05) is 6.04 Å². The van der Waals surface area contributed by atoms with Crippen molar-refractivity contribution in [1.82, 2.24) is 10.2 Å². The van der Waals surface area contributed by atoms with Gasteiger partial charge in [0.1, 0.15) is 0 Å². The third-order valence-corrected chi connectivity index (χ3v) is 5.04. The number of rotatable bonds is 5. The van der Waals surface area contributed by atoms with Gasteiger partial charge >= 0.3 is 0 Å². The van der Waals surface area contributed by atoms with Gasteiger partial charge in [-0.1, -0.05) is 24.6 Å². The molecule has 1 saturated heterocycles. The summed E-state index contributed by atoms with van der Waals surface area (Å²) in [6.45, 7) is 16.1. The van der Waals surface area contributed by atoms with E-state index in [2.05, 4.69) is 57.0 Å². The summed E-state index contributed by atoms with van der Waals surface area (Å²) < 4.78 is 0. The zero-order chi connectivity index (χ0) is 15.4. The topological polar surface area (TPSA) is 15.3 Å². The zero-order valence-corrected chi connectivity index (χ0v) is 14.5. The standard InChI is InChI=1S/C19H32N2/c1-6-20-13-18-7-9-21(10-8-18)17(5)19-15(3)11-14(2)12-16(19)4/h11-12,17-18,20H,6-10,13H2,1-5H3. The predicted molar refractivity (Wildman–Crippen MR) is 91.9 cm³/mol. The Labute approximate surface area is 130 Å². The van der Waals surface area contributed by atoms with Crippen molar-refractivity contribution in [3.63, 3.8) is 0 Å². The van der Waals surface area contributed by atoms with Crippen LogP contribution in [0.5, 0.6) is 0 Å². The highest BCUT2D eigenvalue weighted by atomic mass is 15.2. The summed E-state index contributed by atoms with van der Waals surface area (Å²) in [5, 5.41) is 3.50. The summed E-state index contributed by atoms with van der Waals surface area (Å²) in [6, 6.07) is 5.21. The number of aryl methyl sites for hydroxylation is 3. The van der Waals surface area contributed by atoms with E-state index < -0.39 is 0 Å². The van der Waals surface area contributed by atoms with Crippen LogP contribution >= 0.6 is 0 Å². The lowest BCUT2D eigenvalue weighted by Gasteiger charge is -2.37. The molecule has 1 aliphatic heterocycles. The van der Waals surface area contributed by atoms with Crippen LogP contribution in [0.2, 0.25) is 0 Å². The Balaban J connectivity index is 2.00. The van der Waals surface area contributed by atoms with E-state index in [4.69, 9.17) is 0 Å². The molecule has 1 aliphatic rings. The highest BCUT2D eigenvalue weighted by Gasteiger charge is 2.24. The molecule has 0 aliphatic carbocycles. The predicted octanol–water partition coefficient (Wildman–Crippen LogP) is 3.99. The molecule has 1 heterocycles. The first-order valence-corrected chi connectivity index (χ1v) is 8.55. The highest BCUT2D eigenvalue weighted by Crippen LogP contribution is 2.31. The largest absolute Gasteiger partial charge is 0.317 e. The van der Waals surface area contributed by atoms with E-state index >= 15 is 0 Å². The average molecular weight is 288 g/mol. The maximum Gasteiger partial charge on any atom is 0.0325 e. The Morgan fingerprint density at radius 1 is 1.14 bits per heavy atom. The van der Waals surface area contributed by atoms with Crippen LogP contribution < -0.4 is 5.32 Å². The number of hydrogen-bond acceptors (Lipinski definition) is 2. The second kappa shape index (κ2) is 7.42. The van der Waals surface area contributed by atoms with Gasteiger partial charge in [-0.3, -0.25) is 4.90 Å². The van der Waals surface area contributed by atoms with Gasteiger partial charge < -0.3 is 5.32 Å². The summed E-state index contributed by atoms with van der Waals surface area (Å²) >= 11 is 0. The molecule has 1 aromatic carbocycles. The van der Waals surface area contributed by atoms with Crippen molar-refractivity contribution < 1.29 is 0 Å². The first-order chi connectivity index (χ1) is 10.0. The lowest BCUT2D eigenvalue weighted by atomic mass is 9.91. The number of likely N-dealkylation sites (tertiary alicyclic amines) is 1. The summed E-state index contributed by atoms with van der Waals surface area (Å²) in [4.78, 5) is 2.67. The molecule has 2 rings (SSSR count). The van der Waals surface area contributed by atoms with Crippen LogP contribution in [0.3, 0.4) is 0 Å². The van der Waals surface area contributed by atoms with Crippen molar-refractivity contribution >= 4 is 0 Å². The van der Waals surface area contributed by atoms with Gasteiger partial charge in [0.25, 0.3) is 0 Å². The van der Waals surface area contributed by atoms with Gasteiger partial charge in [-0.15, -0.1) is 0 Å².